The summed E-state index contributed by atoms with van der Waals surface area (Å²) in [4.78, 5) is 7.17. The Morgan fingerprint density at radius 1 is 1.33 bits per heavy atom. The van der Waals surface area contributed by atoms with E-state index in [-0.39, 0.29) is 0 Å². The lowest BCUT2D eigenvalue weighted by atomic mass is 10.0. The highest BCUT2D eigenvalue weighted by Crippen LogP contribution is 2.24. The quantitative estimate of drug-likeness (QED) is 0.771. The summed E-state index contributed by atoms with van der Waals surface area (Å²) in [5.41, 5.74) is 0. The fourth-order valence-electron chi connectivity index (χ4n) is 2.73. The van der Waals surface area contributed by atoms with Gasteiger partial charge in [0.25, 0.3) is 0 Å². The maximum atomic E-state index is 8.91. The molecular formula is C12H22N2O. The van der Waals surface area contributed by atoms with Crippen molar-refractivity contribution in [2.75, 3.05) is 19.7 Å². The molecule has 0 radical (unpaired) electrons. The average Bonchev–Trinajstić information content (AvgIpc) is 2.49. The van der Waals surface area contributed by atoms with Crippen LogP contribution in [0.1, 0.15) is 44.9 Å². The van der Waals surface area contributed by atoms with Crippen LogP contribution in [0.3, 0.4) is 0 Å². The van der Waals surface area contributed by atoms with E-state index >= 15 is 0 Å². The van der Waals surface area contributed by atoms with Gasteiger partial charge in [-0.25, -0.2) is 0 Å². The maximum absolute atomic E-state index is 8.91. The Morgan fingerprint density at radius 3 is 3.13 bits per heavy atom. The van der Waals surface area contributed by atoms with Gasteiger partial charge in [-0.3, -0.25) is 4.99 Å². The van der Waals surface area contributed by atoms with Gasteiger partial charge in [0.1, 0.15) is 0 Å². The molecule has 0 bridgehead atoms. The molecule has 2 heterocycles. The van der Waals surface area contributed by atoms with Gasteiger partial charge in [0, 0.05) is 32.2 Å². The number of nitrogens with zero attached hydrogens (tertiary/aromatic N) is 2. The third-order valence-electron chi connectivity index (χ3n) is 3.51. The number of aliphatic hydroxyl groups excluding tert-OH is 1. The molecule has 1 fully saturated rings. The number of hydrogen-bond donors (Lipinski definition) is 1. The second-order valence-corrected chi connectivity index (χ2v) is 4.61. The van der Waals surface area contributed by atoms with E-state index in [0.717, 1.165) is 19.4 Å². The molecule has 0 aliphatic carbocycles. The Morgan fingerprint density at radius 2 is 2.27 bits per heavy atom. The van der Waals surface area contributed by atoms with Gasteiger partial charge in [-0.1, -0.05) is 6.42 Å². The van der Waals surface area contributed by atoms with Gasteiger partial charge in [-0.15, -0.1) is 0 Å². The molecule has 15 heavy (non-hydrogen) atoms. The predicted molar refractivity (Wildman–Crippen MR) is 62.2 cm³/mol. The first-order valence-corrected chi connectivity index (χ1v) is 6.32. The second-order valence-electron chi connectivity index (χ2n) is 4.61. The van der Waals surface area contributed by atoms with E-state index in [1.807, 2.05) is 0 Å². The highest BCUT2D eigenvalue weighted by molar-refractivity contribution is 5.83. The topological polar surface area (TPSA) is 35.8 Å². The maximum Gasteiger partial charge on any atom is 0.0991 e. The van der Waals surface area contributed by atoms with E-state index in [1.54, 1.807) is 0 Å². The lowest BCUT2D eigenvalue weighted by molar-refractivity contribution is 0.231. The first-order chi connectivity index (χ1) is 7.42. The number of amidine groups is 1. The molecule has 1 atom stereocenters. The van der Waals surface area contributed by atoms with Crippen LogP contribution in [-0.2, 0) is 0 Å². The van der Waals surface area contributed by atoms with Gasteiger partial charge < -0.3 is 10.0 Å². The molecule has 1 N–H and O–H groups in total. The molecule has 86 valence electrons. The molecule has 1 unspecified atom stereocenters. The summed E-state index contributed by atoms with van der Waals surface area (Å²) < 4.78 is 0. The van der Waals surface area contributed by atoms with E-state index in [2.05, 4.69) is 9.89 Å². The third-order valence-corrected chi connectivity index (χ3v) is 3.51. The van der Waals surface area contributed by atoms with Crippen molar-refractivity contribution >= 4 is 5.84 Å². The van der Waals surface area contributed by atoms with Crippen LogP contribution in [0.15, 0.2) is 4.99 Å². The number of aliphatic hydroxyl groups is 1. The number of aliphatic imine (C=N–C) groups is 1. The predicted octanol–water partition coefficient (Wildman–Crippen LogP) is 1.81. The zero-order valence-electron chi connectivity index (χ0n) is 9.49. The number of hydrogen-bond acceptors (Lipinski definition) is 3. The fraction of sp³-hybridized carbons (Fsp3) is 0.917. The van der Waals surface area contributed by atoms with Crippen molar-refractivity contribution in [3.8, 4) is 0 Å². The summed E-state index contributed by atoms with van der Waals surface area (Å²) in [7, 11) is 0. The van der Waals surface area contributed by atoms with Crippen molar-refractivity contribution in [1.82, 2.24) is 4.90 Å². The minimum absolute atomic E-state index is 0.330. The van der Waals surface area contributed by atoms with Crippen molar-refractivity contribution < 1.29 is 5.11 Å². The highest BCUT2D eigenvalue weighted by Gasteiger charge is 2.25. The second kappa shape index (κ2) is 5.50. The van der Waals surface area contributed by atoms with Crippen molar-refractivity contribution in [3.63, 3.8) is 0 Å². The molecule has 3 nitrogen and oxygen atoms in total. The Kier molecular flexibility index (Phi) is 4.01. The van der Waals surface area contributed by atoms with Crippen LogP contribution in [0.4, 0.5) is 0 Å². The van der Waals surface area contributed by atoms with Crippen LogP contribution >= 0.6 is 0 Å². The first kappa shape index (κ1) is 10.9. The Labute approximate surface area is 92.2 Å². The standard InChI is InChI=1S/C12H22N2O/c15-10-3-6-11-5-1-2-7-12-13-8-4-9-14(11)12/h11,15H,1-10H2. The largest absolute Gasteiger partial charge is 0.396 e. The van der Waals surface area contributed by atoms with E-state index in [4.69, 9.17) is 5.11 Å². The molecule has 2 rings (SSSR count). The van der Waals surface area contributed by atoms with Crippen molar-refractivity contribution in [2.45, 2.75) is 51.0 Å². The SMILES string of the molecule is OCCCC1CCCCC2=NCCCN21. The summed E-state index contributed by atoms with van der Waals surface area (Å²) in [5.74, 6) is 1.35. The fourth-order valence-corrected chi connectivity index (χ4v) is 2.73. The van der Waals surface area contributed by atoms with Gasteiger partial charge in [0.2, 0.25) is 0 Å². The molecule has 0 saturated carbocycles. The van der Waals surface area contributed by atoms with Crippen LogP contribution in [-0.4, -0.2) is 41.6 Å². The Bertz CT molecular complexity index is 228. The minimum atomic E-state index is 0.330. The van der Waals surface area contributed by atoms with E-state index in [9.17, 15) is 0 Å². The Hall–Kier alpha value is -0.570. The normalized spacial score (nSPS) is 26.9. The van der Waals surface area contributed by atoms with Crippen molar-refractivity contribution in [2.24, 2.45) is 4.99 Å². The molecule has 2 aliphatic heterocycles. The van der Waals surface area contributed by atoms with E-state index < -0.39 is 0 Å². The zero-order valence-corrected chi connectivity index (χ0v) is 9.49. The summed E-state index contributed by atoms with van der Waals surface area (Å²) in [6.45, 7) is 2.55. The van der Waals surface area contributed by atoms with Crippen molar-refractivity contribution in [3.05, 3.63) is 0 Å². The van der Waals surface area contributed by atoms with Gasteiger partial charge in [-0.05, 0) is 32.1 Å². The van der Waals surface area contributed by atoms with Gasteiger partial charge >= 0.3 is 0 Å². The van der Waals surface area contributed by atoms with Crippen LogP contribution in [0.25, 0.3) is 0 Å². The molecule has 2 aliphatic rings. The third kappa shape index (κ3) is 2.71. The van der Waals surface area contributed by atoms with Crippen molar-refractivity contribution in [1.29, 1.82) is 0 Å². The van der Waals surface area contributed by atoms with Gasteiger partial charge in [0.15, 0.2) is 0 Å². The molecular weight excluding hydrogens is 188 g/mol. The molecule has 0 amide bonds. The minimum Gasteiger partial charge on any atom is -0.396 e. The smallest absolute Gasteiger partial charge is 0.0991 e. The van der Waals surface area contributed by atoms with E-state index in [1.165, 1.54) is 44.5 Å². The van der Waals surface area contributed by atoms with Crippen LogP contribution in [0.2, 0.25) is 0 Å². The molecule has 1 saturated heterocycles. The lowest BCUT2D eigenvalue weighted by Crippen LogP contribution is -2.42. The van der Waals surface area contributed by atoms with Gasteiger partial charge in [-0.2, -0.15) is 0 Å². The molecule has 0 aromatic heterocycles. The van der Waals surface area contributed by atoms with E-state index in [0.29, 0.717) is 12.6 Å². The lowest BCUT2D eigenvalue weighted by Gasteiger charge is -2.35. The monoisotopic (exact) mass is 210 g/mol. The average molecular weight is 210 g/mol. The Balaban J connectivity index is 2.01. The van der Waals surface area contributed by atoms with Gasteiger partial charge in [0.05, 0.1) is 5.84 Å². The molecule has 0 aromatic rings. The summed E-state index contributed by atoms with van der Waals surface area (Å²) in [5, 5.41) is 8.91. The summed E-state index contributed by atoms with van der Waals surface area (Å²) >= 11 is 0. The van der Waals surface area contributed by atoms with Crippen LogP contribution in [0.5, 0.6) is 0 Å². The summed E-state index contributed by atoms with van der Waals surface area (Å²) in [6.07, 6.45) is 8.37. The zero-order chi connectivity index (χ0) is 10.5. The molecule has 0 spiro atoms. The van der Waals surface area contributed by atoms with Crippen LogP contribution < -0.4 is 0 Å². The van der Waals surface area contributed by atoms with Crippen LogP contribution in [0, 0.1) is 0 Å². The number of fused-ring (bicyclic) bond motifs is 1. The molecule has 3 heteroatoms. The summed E-state index contributed by atoms with van der Waals surface area (Å²) in [6, 6.07) is 0.652. The first-order valence-electron chi connectivity index (χ1n) is 6.32. The number of rotatable bonds is 3. The molecule has 0 aromatic carbocycles. The highest BCUT2D eigenvalue weighted by atomic mass is 16.2.